The van der Waals surface area contributed by atoms with Crippen LogP contribution < -0.4 is 4.74 Å². The normalized spacial score (nSPS) is 23.9. The fourth-order valence-electron chi connectivity index (χ4n) is 3.32. The van der Waals surface area contributed by atoms with Gasteiger partial charge in [0.1, 0.15) is 5.75 Å². The van der Waals surface area contributed by atoms with Crippen molar-refractivity contribution in [2.45, 2.75) is 70.8 Å². The predicted molar refractivity (Wildman–Crippen MR) is 86.5 cm³/mol. The maximum atomic E-state index is 12.5. The minimum Gasteiger partial charge on any atom is -0.442 e. The van der Waals surface area contributed by atoms with Crippen LogP contribution in [0, 0.1) is 0 Å². The predicted octanol–water partition coefficient (Wildman–Crippen LogP) is 3.73. The van der Waals surface area contributed by atoms with Gasteiger partial charge >= 0.3 is 11.9 Å². The van der Waals surface area contributed by atoms with E-state index in [1.165, 1.54) is 0 Å². The lowest BCUT2D eigenvalue weighted by molar-refractivity contribution is -0.165. The van der Waals surface area contributed by atoms with E-state index in [0.29, 0.717) is 12.2 Å². The standard InChI is InChI=1S/C19H24O4/c1-17(2,3)11-9-12(18(4,5)6)15-13(10-11)22-16(21)19(15)8-7-14(20)23-19/h9-10H,7-8H2,1-6H3. The van der Waals surface area contributed by atoms with Gasteiger partial charge < -0.3 is 9.47 Å². The lowest BCUT2D eigenvalue weighted by Crippen LogP contribution is -2.35. The second-order valence-electron chi connectivity index (χ2n) is 8.59. The highest BCUT2D eigenvalue weighted by Crippen LogP contribution is 2.52. The number of esters is 2. The summed E-state index contributed by atoms with van der Waals surface area (Å²) >= 11 is 0. The Hall–Kier alpha value is -1.84. The average Bonchev–Trinajstić information content (AvgIpc) is 2.90. The van der Waals surface area contributed by atoms with Gasteiger partial charge in [-0.1, -0.05) is 47.6 Å². The highest BCUT2D eigenvalue weighted by Gasteiger charge is 2.58. The largest absolute Gasteiger partial charge is 0.442 e. The minimum atomic E-state index is -1.24. The van der Waals surface area contributed by atoms with Crippen molar-refractivity contribution in [1.82, 2.24) is 0 Å². The molecule has 0 saturated carbocycles. The van der Waals surface area contributed by atoms with Crippen LogP contribution in [0.2, 0.25) is 0 Å². The highest BCUT2D eigenvalue weighted by atomic mass is 16.6. The van der Waals surface area contributed by atoms with Crippen LogP contribution in [0.15, 0.2) is 12.1 Å². The van der Waals surface area contributed by atoms with Gasteiger partial charge in [0.25, 0.3) is 0 Å². The number of ether oxygens (including phenoxy) is 2. The molecule has 1 unspecified atom stereocenters. The van der Waals surface area contributed by atoms with E-state index in [2.05, 4.69) is 47.6 Å². The van der Waals surface area contributed by atoms with Gasteiger partial charge in [0.15, 0.2) is 0 Å². The molecule has 0 N–H and O–H groups in total. The molecule has 1 fully saturated rings. The van der Waals surface area contributed by atoms with E-state index in [9.17, 15) is 9.59 Å². The molecule has 1 spiro atoms. The molecular weight excluding hydrogens is 292 g/mol. The first kappa shape index (κ1) is 16.0. The third-order valence-corrected chi connectivity index (χ3v) is 4.68. The van der Waals surface area contributed by atoms with E-state index in [4.69, 9.17) is 9.47 Å². The van der Waals surface area contributed by atoms with Gasteiger partial charge in [-0.25, -0.2) is 4.79 Å². The van der Waals surface area contributed by atoms with E-state index < -0.39 is 11.6 Å². The molecule has 23 heavy (non-hydrogen) atoms. The van der Waals surface area contributed by atoms with Crippen molar-refractivity contribution in [2.75, 3.05) is 0 Å². The van der Waals surface area contributed by atoms with E-state index in [1.54, 1.807) is 0 Å². The molecule has 0 aliphatic carbocycles. The smallest absolute Gasteiger partial charge is 0.360 e. The Balaban J connectivity index is 2.30. The van der Waals surface area contributed by atoms with Crippen LogP contribution in [0.1, 0.15) is 71.1 Å². The van der Waals surface area contributed by atoms with Crippen LogP contribution in [0.25, 0.3) is 0 Å². The molecule has 2 heterocycles. The van der Waals surface area contributed by atoms with Gasteiger partial charge in [-0.15, -0.1) is 0 Å². The lowest BCUT2D eigenvalue weighted by atomic mass is 9.74. The van der Waals surface area contributed by atoms with E-state index in [1.807, 2.05) is 6.07 Å². The summed E-state index contributed by atoms with van der Waals surface area (Å²) in [6.45, 7) is 12.7. The Bertz CT molecular complexity index is 703. The second kappa shape index (κ2) is 4.59. The first-order chi connectivity index (χ1) is 10.4. The molecule has 0 amide bonds. The molecule has 1 atom stereocenters. The molecular formula is C19H24O4. The third kappa shape index (κ3) is 2.35. The van der Waals surface area contributed by atoms with Crippen LogP contribution in [-0.2, 0) is 30.8 Å². The van der Waals surface area contributed by atoms with Gasteiger partial charge in [-0.3, -0.25) is 4.79 Å². The topological polar surface area (TPSA) is 52.6 Å². The van der Waals surface area contributed by atoms with Crippen molar-refractivity contribution in [1.29, 1.82) is 0 Å². The average molecular weight is 316 g/mol. The fourth-order valence-corrected chi connectivity index (χ4v) is 3.32. The van der Waals surface area contributed by atoms with E-state index >= 15 is 0 Å². The molecule has 124 valence electrons. The van der Waals surface area contributed by atoms with Gasteiger partial charge in [0, 0.05) is 6.42 Å². The Morgan fingerprint density at radius 2 is 1.65 bits per heavy atom. The van der Waals surface area contributed by atoms with Gasteiger partial charge in [0.05, 0.1) is 12.0 Å². The van der Waals surface area contributed by atoms with Crippen LogP contribution in [0.5, 0.6) is 5.75 Å². The zero-order valence-electron chi connectivity index (χ0n) is 14.7. The zero-order chi connectivity index (χ0) is 17.2. The molecule has 0 bridgehead atoms. The monoisotopic (exact) mass is 316 g/mol. The van der Waals surface area contributed by atoms with Crippen molar-refractivity contribution in [2.24, 2.45) is 0 Å². The maximum absolute atomic E-state index is 12.5. The molecule has 4 heteroatoms. The highest BCUT2D eigenvalue weighted by molar-refractivity contribution is 5.94. The lowest BCUT2D eigenvalue weighted by Gasteiger charge is -2.30. The SMILES string of the molecule is CC(C)(C)c1cc2c(c(C(C)(C)C)c1)C1(CCC(=O)O1)C(=O)O2. The fraction of sp³-hybridized carbons (Fsp3) is 0.579. The van der Waals surface area contributed by atoms with E-state index in [0.717, 1.165) is 16.7 Å². The van der Waals surface area contributed by atoms with Crippen LogP contribution in [-0.4, -0.2) is 11.9 Å². The summed E-state index contributed by atoms with van der Waals surface area (Å²) in [5.41, 5.74) is 1.36. The number of rotatable bonds is 0. The van der Waals surface area contributed by atoms with Crippen LogP contribution in [0.4, 0.5) is 0 Å². The third-order valence-electron chi connectivity index (χ3n) is 4.68. The summed E-state index contributed by atoms with van der Waals surface area (Å²) in [5, 5.41) is 0. The number of hydrogen-bond donors (Lipinski definition) is 0. The summed E-state index contributed by atoms with van der Waals surface area (Å²) in [4.78, 5) is 24.3. The summed E-state index contributed by atoms with van der Waals surface area (Å²) in [6, 6.07) is 4.05. The Labute approximate surface area is 137 Å². The van der Waals surface area contributed by atoms with Gasteiger partial charge in [-0.2, -0.15) is 0 Å². The number of carbonyl (C=O) groups excluding carboxylic acids is 2. The van der Waals surface area contributed by atoms with Crippen molar-refractivity contribution in [3.8, 4) is 5.75 Å². The molecule has 1 aromatic rings. The summed E-state index contributed by atoms with van der Waals surface area (Å²) in [7, 11) is 0. The van der Waals surface area contributed by atoms with Gasteiger partial charge in [0.2, 0.25) is 5.60 Å². The molecule has 4 nitrogen and oxygen atoms in total. The zero-order valence-corrected chi connectivity index (χ0v) is 14.7. The Morgan fingerprint density at radius 3 is 2.13 bits per heavy atom. The number of hydrogen-bond acceptors (Lipinski definition) is 4. The molecule has 2 aliphatic heterocycles. The number of fused-ring (bicyclic) bond motifs is 2. The molecule has 1 saturated heterocycles. The van der Waals surface area contributed by atoms with Crippen LogP contribution in [0.3, 0.4) is 0 Å². The summed E-state index contributed by atoms with van der Waals surface area (Å²) in [6.07, 6.45) is 0.606. The first-order valence-electron chi connectivity index (χ1n) is 8.09. The van der Waals surface area contributed by atoms with Crippen LogP contribution >= 0.6 is 0 Å². The quantitative estimate of drug-likeness (QED) is 0.540. The molecule has 0 radical (unpaired) electrons. The van der Waals surface area contributed by atoms with Crippen molar-refractivity contribution >= 4 is 11.9 Å². The van der Waals surface area contributed by atoms with Crippen molar-refractivity contribution in [3.05, 3.63) is 28.8 Å². The number of benzene rings is 1. The van der Waals surface area contributed by atoms with Gasteiger partial charge in [-0.05, 0) is 28.0 Å². The summed E-state index contributed by atoms with van der Waals surface area (Å²) in [5.74, 6) is -0.258. The Kier molecular flexibility index (Phi) is 3.20. The minimum absolute atomic E-state index is 0.0659. The van der Waals surface area contributed by atoms with Crippen molar-refractivity contribution in [3.63, 3.8) is 0 Å². The molecule has 2 aliphatic rings. The van der Waals surface area contributed by atoms with E-state index in [-0.39, 0.29) is 23.2 Å². The molecule has 1 aromatic carbocycles. The molecule has 0 aromatic heterocycles. The molecule has 3 rings (SSSR count). The summed E-state index contributed by atoms with van der Waals surface area (Å²) < 4.78 is 11.0. The number of carbonyl (C=O) groups is 2. The maximum Gasteiger partial charge on any atom is 0.360 e. The Morgan fingerprint density at radius 1 is 1.00 bits per heavy atom. The first-order valence-corrected chi connectivity index (χ1v) is 8.09. The second-order valence-corrected chi connectivity index (χ2v) is 8.59. The van der Waals surface area contributed by atoms with Crippen molar-refractivity contribution < 1.29 is 19.1 Å².